The summed E-state index contributed by atoms with van der Waals surface area (Å²) < 4.78 is 0. The summed E-state index contributed by atoms with van der Waals surface area (Å²) in [7, 11) is 0. The number of aromatic nitrogens is 1. The standard InChI is InChI=1S/C14H15N3S/c1-3-13-8-17-14(18-13)9-16-12-5-4-11(7-15)10(2)6-12/h4-6,8,16H,3,9H2,1-2H3. The molecule has 0 aliphatic carbocycles. The molecule has 0 aliphatic rings. The minimum Gasteiger partial charge on any atom is -0.379 e. The van der Waals surface area contributed by atoms with E-state index in [0.717, 1.165) is 34.8 Å². The van der Waals surface area contributed by atoms with Crippen LogP contribution in [0.4, 0.5) is 5.69 Å². The fraction of sp³-hybridized carbons (Fsp3) is 0.286. The Kier molecular flexibility index (Phi) is 3.96. The Balaban J connectivity index is 2.02. The van der Waals surface area contributed by atoms with Gasteiger partial charge in [0.25, 0.3) is 0 Å². The first kappa shape index (κ1) is 12.6. The third-order valence-electron chi connectivity index (χ3n) is 2.74. The molecule has 3 nitrogen and oxygen atoms in total. The number of rotatable bonds is 4. The molecule has 1 aromatic heterocycles. The van der Waals surface area contributed by atoms with Crippen LogP contribution in [0.3, 0.4) is 0 Å². The van der Waals surface area contributed by atoms with Crippen molar-refractivity contribution in [2.75, 3.05) is 5.32 Å². The van der Waals surface area contributed by atoms with Crippen molar-refractivity contribution in [3.63, 3.8) is 0 Å². The second-order valence-corrected chi connectivity index (χ2v) is 5.27. The van der Waals surface area contributed by atoms with Crippen LogP contribution in [0.15, 0.2) is 24.4 Å². The maximum absolute atomic E-state index is 8.87. The van der Waals surface area contributed by atoms with Gasteiger partial charge in [-0.1, -0.05) is 6.92 Å². The predicted molar refractivity (Wildman–Crippen MR) is 74.7 cm³/mol. The minimum atomic E-state index is 0.725. The fourth-order valence-electron chi connectivity index (χ4n) is 1.67. The highest BCUT2D eigenvalue weighted by molar-refractivity contribution is 7.11. The molecular formula is C14H15N3S. The van der Waals surface area contributed by atoms with Crippen LogP contribution < -0.4 is 5.32 Å². The Morgan fingerprint density at radius 3 is 2.89 bits per heavy atom. The number of nitrogens with zero attached hydrogens (tertiary/aromatic N) is 2. The lowest BCUT2D eigenvalue weighted by atomic mass is 10.1. The molecule has 1 heterocycles. The average molecular weight is 257 g/mol. The Morgan fingerprint density at radius 1 is 1.44 bits per heavy atom. The van der Waals surface area contributed by atoms with E-state index in [1.165, 1.54) is 4.88 Å². The molecule has 1 aromatic carbocycles. The maximum Gasteiger partial charge on any atom is 0.112 e. The number of hydrogen-bond donors (Lipinski definition) is 1. The van der Waals surface area contributed by atoms with Crippen molar-refractivity contribution < 1.29 is 0 Å². The number of nitriles is 1. The van der Waals surface area contributed by atoms with Crippen molar-refractivity contribution in [1.82, 2.24) is 4.98 Å². The van der Waals surface area contributed by atoms with E-state index in [0.29, 0.717) is 0 Å². The largest absolute Gasteiger partial charge is 0.379 e. The van der Waals surface area contributed by atoms with Crippen molar-refractivity contribution >= 4 is 17.0 Å². The van der Waals surface area contributed by atoms with Crippen molar-refractivity contribution in [1.29, 1.82) is 5.26 Å². The van der Waals surface area contributed by atoms with Crippen LogP contribution in [0.25, 0.3) is 0 Å². The zero-order valence-electron chi connectivity index (χ0n) is 10.5. The Bertz CT molecular complexity index is 581. The van der Waals surface area contributed by atoms with Gasteiger partial charge in [0.1, 0.15) is 5.01 Å². The molecule has 0 fully saturated rings. The molecular weight excluding hydrogens is 242 g/mol. The van der Waals surface area contributed by atoms with E-state index in [1.807, 2.05) is 31.3 Å². The summed E-state index contributed by atoms with van der Waals surface area (Å²) >= 11 is 1.74. The Morgan fingerprint density at radius 2 is 2.28 bits per heavy atom. The molecule has 0 saturated heterocycles. The highest BCUT2D eigenvalue weighted by atomic mass is 32.1. The monoisotopic (exact) mass is 257 g/mol. The first-order valence-corrected chi connectivity index (χ1v) is 6.72. The first-order valence-electron chi connectivity index (χ1n) is 5.91. The van der Waals surface area contributed by atoms with Gasteiger partial charge in [-0.25, -0.2) is 4.98 Å². The van der Waals surface area contributed by atoms with E-state index >= 15 is 0 Å². The van der Waals surface area contributed by atoms with Gasteiger partial charge in [0.2, 0.25) is 0 Å². The van der Waals surface area contributed by atoms with Crippen LogP contribution in [0, 0.1) is 18.3 Å². The van der Waals surface area contributed by atoms with E-state index in [-0.39, 0.29) is 0 Å². The molecule has 2 rings (SSSR count). The van der Waals surface area contributed by atoms with E-state index in [4.69, 9.17) is 5.26 Å². The summed E-state index contributed by atoms with van der Waals surface area (Å²) in [4.78, 5) is 5.67. The van der Waals surface area contributed by atoms with E-state index in [2.05, 4.69) is 23.3 Å². The summed E-state index contributed by atoms with van der Waals surface area (Å²) in [5.74, 6) is 0. The van der Waals surface area contributed by atoms with Crippen molar-refractivity contribution in [2.24, 2.45) is 0 Å². The smallest absolute Gasteiger partial charge is 0.112 e. The fourth-order valence-corrected chi connectivity index (χ4v) is 2.47. The van der Waals surface area contributed by atoms with Crippen LogP contribution in [-0.2, 0) is 13.0 Å². The van der Waals surface area contributed by atoms with Gasteiger partial charge < -0.3 is 5.32 Å². The average Bonchev–Trinajstić information content (AvgIpc) is 2.84. The molecule has 2 aromatic rings. The Labute approximate surface area is 111 Å². The third kappa shape index (κ3) is 2.88. The third-order valence-corrected chi connectivity index (χ3v) is 3.88. The topological polar surface area (TPSA) is 48.7 Å². The lowest BCUT2D eigenvalue weighted by molar-refractivity contribution is 1.09. The van der Waals surface area contributed by atoms with Gasteiger partial charge in [-0.05, 0) is 37.1 Å². The molecule has 0 unspecified atom stereocenters. The van der Waals surface area contributed by atoms with Gasteiger partial charge in [-0.2, -0.15) is 5.26 Å². The SMILES string of the molecule is CCc1cnc(CNc2ccc(C#N)c(C)c2)s1. The first-order chi connectivity index (χ1) is 8.72. The zero-order valence-corrected chi connectivity index (χ0v) is 11.3. The second-order valence-electron chi connectivity index (χ2n) is 4.07. The molecule has 0 radical (unpaired) electrons. The zero-order chi connectivity index (χ0) is 13.0. The van der Waals surface area contributed by atoms with Gasteiger partial charge >= 0.3 is 0 Å². The normalized spacial score (nSPS) is 10.1. The van der Waals surface area contributed by atoms with Crippen molar-refractivity contribution in [3.05, 3.63) is 45.4 Å². The summed E-state index contributed by atoms with van der Waals surface area (Å²) in [6, 6.07) is 7.94. The summed E-state index contributed by atoms with van der Waals surface area (Å²) in [5, 5.41) is 13.3. The van der Waals surface area contributed by atoms with Gasteiger partial charge in [0.15, 0.2) is 0 Å². The van der Waals surface area contributed by atoms with E-state index in [9.17, 15) is 0 Å². The minimum absolute atomic E-state index is 0.725. The van der Waals surface area contributed by atoms with Crippen LogP contribution >= 0.6 is 11.3 Å². The Hall–Kier alpha value is -1.86. The molecule has 0 amide bonds. The maximum atomic E-state index is 8.87. The summed E-state index contributed by atoms with van der Waals surface area (Å²) in [6.07, 6.45) is 2.97. The molecule has 92 valence electrons. The summed E-state index contributed by atoms with van der Waals surface area (Å²) in [5.41, 5.74) is 2.75. The van der Waals surface area contributed by atoms with Crippen LogP contribution in [0.5, 0.6) is 0 Å². The van der Waals surface area contributed by atoms with Crippen molar-refractivity contribution in [3.8, 4) is 6.07 Å². The molecule has 0 atom stereocenters. The predicted octanol–water partition coefficient (Wildman–Crippen LogP) is 3.50. The van der Waals surface area contributed by atoms with Gasteiger partial charge in [-0.3, -0.25) is 0 Å². The lowest BCUT2D eigenvalue weighted by Gasteiger charge is -2.06. The molecule has 0 saturated carbocycles. The van der Waals surface area contributed by atoms with Crippen LogP contribution in [-0.4, -0.2) is 4.98 Å². The summed E-state index contributed by atoms with van der Waals surface area (Å²) in [6.45, 7) is 4.81. The van der Waals surface area contributed by atoms with E-state index in [1.54, 1.807) is 11.3 Å². The van der Waals surface area contributed by atoms with Gasteiger partial charge in [0.05, 0.1) is 18.2 Å². The number of hydrogen-bond acceptors (Lipinski definition) is 4. The molecule has 18 heavy (non-hydrogen) atoms. The molecule has 1 N–H and O–H groups in total. The van der Waals surface area contributed by atoms with Gasteiger partial charge in [-0.15, -0.1) is 11.3 Å². The molecule has 0 bridgehead atoms. The van der Waals surface area contributed by atoms with Crippen molar-refractivity contribution in [2.45, 2.75) is 26.8 Å². The number of thiazole rings is 1. The van der Waals surface area contributed by atoms with Crippen LogP contribution in [0.1, 0.15) is 27.9 Å². The quantitative estimate of drug-likeness (QED) is 0.912. The van der Waals surface area contributed by atoms with Crippen LogP contribution in [0.2, 0.25) is 0 Å². The highest BCUT2D eigenvalue weighted by Gasteiger charge is 2.02. The lowest BCUT2D eigenvalue weighted by Crippen LogP contribution is -1.99. The highest BCUT2D eigenvalue weighted by Crippen LogP contribution is 2.17. The number of benzene rings is 1. The van der Waals surface area contributed by atoms with Gasteiger partial charge in [0, 0.05) is 16.8 Å². The second kappa shape index (κ2) is 5.65. The number of anilines is 1. The molecule has 0 spiro atoms. The number of aryl methyl sites for hydroxylation is 2. The number of nitrogens with one attached hydrogen (secondary N) is 1. The molecule has 0 aliphatic heterocycles. The molecule has 4 heteroatoms. The van der Waals surface area contributed by atoms with E-state index < -0.39 is 0 Å².